The summed E-state index contributed by atoms with van der Waals surface area (Å²) < 4.78 is 12.9. The molecule has 4 heteroatoms. The lowest BCUT2D eigenvalue weighted by molar-refractivity contribution is -0.0341. The van der Waals surface area contributed by atoms with Crippen molar-refractivity contribution in [2.45, 2.75) is 32.1 Å². The highest BCUT2D eigenvalue weighted by Gasteiger charge is 2.16. The number of aromatic nitrogens is 1. The van der Waals surface area contributed by atoms with Crippen molar-refractivity contribution in [1.82, 2.24) is 4.57 Å². The molecule has 0 aliphatic carbocycles. The molecule has 1 atom stereocenters. The maximum Gasteiger partial charge on any atom is 0.256 e. The van der Waals surface area contributed by atoms with Crippen molar-refractivity contribution in [1.29, 1.82) is 0 Å². The lowest BCUT2D eigenvalue weighted by Crippen LogP contribution is -2.27. The number of pyridine rings is 1. The van der Waals surface area contributed by atoms with Gasteiger partial charge >= 0.3 is 0 Å². The maximum absolute atomic E-state index is 12.2. The lowest BCUT2D eigenvalue weighted by atomic mass is 10.2. The van der Waals surface area contributed by atoms with Crippen molar-refractivity contribution in [3.8, 4) is 5.75 Å². The number of nitrogens with zero attached hydrogens (tertiary/aromatic N) is 1. The average molecular weight is 285 g/mol. The third-order valence-corrected chi connectivity index (χ3v) is 3.63. The van der Waals surface area contributed by atoms with Crippen LogP contribution < -0.4 is 10.3 Å². The summed E-state index contributed by atoms with van der Waals surface area (Å²) in [5.41, 5.74) is 1.00. The van der Waals surface area contributed by atoms with E-state index in [2.05, 4.69) is 0 Å². The van der Waals surface area contributed by atoms with Crippen molar-refractivity contribution in [3.05, 3.63) is 64.6 Å². The lowest BCUT2D eigenvalue weighted by Gasteiger charge is -2.24. The normalized spacial score (nSPS) is 18.4. The summed E-state index contributed by atoms with van der Waals surface area (Å²) in [6.45, 7) is 1.19. The quantitative estimate of drug-likeness (QED) is 0.866. The Labute approximate surface area is 123 Å². The Kier molecular flexibility index (Phi) is 4.36. The minimum Gasteiger partial charge on any atom is -0.489 e. The van der Waals surface area contributed by atoms with Crippen LogP contribution in [0.3, 0.4) is 0 Å². The van der Waals surface area contributed by atoms with E-state index in [1.807, 2.05) is 36.4 Å². The van der Waals surface area contributed by atoms with Gasteiger partial charge in [0, 0.05) is 18.9 Å². The summed E-state index contributed by atoms with van der Waals surface area (Å²) in [7, 11) is 0. The van der Waals surface area contributed by atoms with Crippen molar-refractivity contribution >= 4 is 0 Å². The van der Waals surface area contributed by atoms with Gasteiger partial charge < -0.3 is 9.47 Å². The van der Waals surface area contributed by atoms with Gasteiger partial charge in [0.05, 0.1) is 0 Å². The van der Waals surface area contributed by atoms with Crippen LogP contribution in [-0.4, -0.2) is 11.2 Å². The fourth-order valence-corrected chi connectivity index (χ4v) is 2.48. The Balaban J connectivity index is 1.68. The topological polar surface area (TPSA) is 40.5 Å². The number of ether oxygens (including phenoxy) is 2. The Hall–Kier alpha value is -2.07. The van der Waals surface area contributed by atoms with Crippen LogP contribution in [0.25, 0.3) is 0 Å². The molecule has 0 saturated carbocycles. The van der Waals surface area contributed by atoms with Gasteiger partial charge in [-0.25, -0.2) is 0 Å². The smallest absolute Gasteiger partial charge is 0.256 e. The summed E-state index contributed by atoms with van der Waals surface area (Å²) in [5, 5.41) is 0. The summed E-state index contributed by atoms with van der Waals surface area (Å²) in [5.74, 6) is 0.593. The zero-order valence-corrected chi connectivity index (χ0v) is 11.9. The van der Waals surface area contributed by atoms with Gasteiger partial charge in [0.2, 0.25) is 0 Å². The highest BCUT2D eigenvalue weighted by atomic mass is 16.5. The second-order valence-corrected chi connectivity index (χ2v) is 5.20. The zero-order chi connectivity index (χ0) is 14.5. The van der Waals surface area contributed by atoms with Gasteiger partial charge in [-0.2, -0.15) is 0 Å². The van der Waals surface area contributed by atoms with E-state index in [0.29, 0.717) is 12.4 Å². The molecule has 21 heavy (non-hydrogen) atoms. The zero-order valence-electron chi connectivity index (χ0n) is 11.9. The molecule has 0 bridgehead atoms. The van der Waals surface area contributed by atoms with Gasteiger partial charge in [-0.05, 0) is 30.9 Å². The van der Waals surface area contributed by atoms with Gasteiger partial charge in [-0.15, -0.1) is 0 Å². The molecule has 1 saturated heterocycles. The Morgan fingerprint density at radius 2 is 2.05 bits per heavy atom. The molecular formula is C17H19NO3. The molecular weight excluding hydrogens is 266 g/mol. The second-order valence-electron chi connectivity index (χ2n) is 5.20. The molecule has 1 fully saturated rings. The fourth-order valence-electron chi connectivity index (χ4n) is 2.48. The van der Waals surface area contributed by atoms with Crippen LogP contribution in [0.4, 0.5) is 0 Å². The average Bonchev–Trinajstić information content (AvgIpc) is 2.55. The van der Waals surface area contributed by atoms with E-state index in [-0.39, 0.29) is 11.8 Å². The Bertz CT molecular complexity index is 630. The van der Waals surface area contributed by atoms with Crippen LogP contribution in [0.2, 0.25) is 0 Å². The SMILES string of the molecule is O=c1cc(OCc2ccccc2)ccn1C1CCCCO1. The number of rotatable bonds is 4. The summed E-state index contributed by atoms with van der Waals surface area (Å²) in [6, 6.07) is 13.3. The fraction of sp³-hybridized carbons (Fsp3) is 0.353. The van der Waals surface area contributed by atoms with E-state index < -0.39 is 0 Å². The molecule has 1 unspecified atom stereocenters. The van der Waals surface area contributed by atoms with Gasteiger partial charge in [0.15, 0.2) is 0 Å². The van der Waals surface area contributed by atoms with E-state index in [4.69, 9.17) is 9.47 Å². The van der Waals surface area contributed by atoms with E-state index in [1.54, 1.807) is 10.8 Å². The highest BCUT2D eigenvalue weighted by Crippen LogP contribution is 2.21. The van der Waals surface area contributed by atoms with Gasteiger partial charge in [0.25, 0.3) is 5.56 Å². The first-order chi connectivity index (χ1) is 10.3. The van der Waals surface area contributed by atoms with Gasteiger partial charge in [-0.3, -0.25) is 9.36 Å². The molecule has 0 N–H and O–H groups in total. The van der Waals surface area contributed by atoms with Gasteiger partial charge in [-0.1, -0.05) is 30.3 Å². The molecule has 2 heterocycles. The maximum atomic E-state index is 12.2. The van der Waals surface area contributed by atoms with Crippen LogP contribution >= 0.6 is 0 Å². The van der Waals surface area contributed by atoms with Crippen LogP contribution in [0.1, 0.15) is 31.1 Å². The molecule has 4 nitrogen and oxygen atoms in total. The van der Waals surface area contributed by atoms with E-state index >= 15 is 0 Å². The third kappa shape index (κ3) is 3.52. The number of hydrogen-bond acceptors (Lipinski definition) is 3. The monoisotopic (exact) mass is 285 g/mol. The minimum absolute atomic E-state index is 0.0764. The summed E-state index contributed by atoms with van der Waals surface area (Å²) in [6.07, 6.45) is 4.70. The largest absolute Gasteiger partial charge is 0.489 e. The van der Waals surface area contributed by atoms with E-state index in [9.17, 15) is 4.79 Å². The second kappa shape index (κ2) is 6.59. The molecule has 0 radical (unpaired) electrons. The number of benzene rings is 1. The van der Waals surface area contributed by atoms with E-state index in [1.165, 1.54) is 6.07 Å². The minimum atomic E-state index is -0.130. The molecule has 1 aliphatic heterocycles. The van der Waals surface area contributed by atoms with Crippen molar-refractivity contribution in [2.24, 2.45) is 0 Å². The standard InChI is InChI=1S/C17H19NO3/c19-16-12-15(21-13-14-6-2-1-3-7-14)9-10-18(16)17-8-4-5-11-20-17/h1-3,6-7,9-10,12,17H,4-5,8,11,13H2. The van der Waals surface area contributed by atoms with Crippen molar-refractivity contribution in [2.75, 3.05) is 6.61 Å². The molecule has 2 aromatic rings. The van der Waals surface area contributed by atoms with Gasteiger partial charge in [0.1, 0.15) is 18.6 Å². The molecule has 1 aromatic carbocycles. The predicted octanol–water partition coefficient (Wildman–Crippen LogP) is 3.13. The molecule has 0 spiro atoms. The van der Waals surface area contributed by atoms with Crippen molar-refractivity contribution < 1.29 is 9.47 Å². The van der Waals surface area contributed by atoms with Crippen LogP contribution in [0.5, 0.6) is 5.75 Å². The van der Waals surface area contributed by atoms with E-state index in [0.717, 1.165) is 31.4 Å². The van der Waals surface area contributed by atoms with Crippen LogP contribution in [-0.2, 0) is 11.3 Å². The van der Waals surface area contributed by atoms with Crippen molar-refractivity contribution in [3.63, 3.8) is 0 Å². The summed E-state index contributed by atoms with van der Waals surface area (Å²) in [4.78, 5) is 12.2. The highest BCUT2D eigenvalue weighted by molar-refractivity contribution is 5.20. The molecule has 110 valence electrons. The Morgan fingerprint density at radius 1 is 1.19 bits per heavy atom. The first-order valence-electron chi connectivity index (χ1n) is 7.33. The van der Waals surface area contributed by atoms with Crippen LogP contribution in [0.15, 0.2) is 53.5 Å². The Morgan fingerprint density at radius 3 is 2.76 bits per heavy atom. The number of hydrogen-bond donors (Lipinski definition) is 0. The summed E-state index contributed by atoms with van der Waals surface area (Å²) >= 11 is 0. The molecule has 3 rings (SSSR count). The first-order valence-corrected chi connectivity index (χ1v) is 7.33. The third-order valence-electron chi connectivity index (χ3n) is 3.63. The molecule has 1 aromatic heterocycles. The molecule has 1 aliphatic rings. The molecule has 0 amide bonds. The predicted molar refractivity (Wildman–Crippen MR) is 80.3 cm³/mol. The first kappa shape index (κ1) is 13.9. The van der Waals surface area contributed by atoms with Crippen LogP contribution in [0, 0.1) is 0 Å².